The highest BCUT2D eigenvalue weighted by Crippen LogP contribution is 2.30. The molecule has 26 heavy (non-hydrogen) atoms. The maximum atomic E-state index is 10.2. The molecule has 0 atom stereocenters. The summed E-state index contributed by atoms with van der Waals surface area (Å²) >= 11 is 2.53. The fourth-order valence-corrected chi connectivity index (χ4v) is 3.61. The van der Waals surface area contributed by atoms with Crippen LogP contribution in [0.15, 0.2) is 10.2 Å². The Kier molecular flexibility index (Phi) is 6.85. The predicted octanol–water partition coefficient (Wildman–Crippen LogP) is 3.13. The van der Waals surface area contributed by atoms with Crippen molar-refractivity contribution < 1.29 is 19.8 Å². The van der Waals surface area contributed by atoms with Gasteiger partial charge in [0.25, 0.3) is 10.2 Å². The zero-order valence-electron chi connectivity index (χ0n) is 13.8. The van der Waals surface area contributed by atoms with Crippen molar-refractivity contribution in [1.29, 1.82) is 0 Å². The Morgan fingerprint density at radius 1 is 0.885 bits per heavy atom. The van der Waals surface area contributed by atoms with E-state index in [2.05, 4.69) is 29.9 Å². The Morgan fingerprint density at radius 3 is 1.62 bits per heavy atom. The first-order valence-corrected chi connectivity index (χ1v) is 8.87. The van der Waals surface area contributed by atoms with E-state index >= 15 is 0 Å². The number of nitrogens with zero attached hydrogens (tertiary/aromatic N) is 6. The normalized spacial score (nSPS) is 11.0. The molecular formula is C12H14N6O6S2. The SMILES string of the molecule is Cc1nc(/N=N/c2nc(C)c(CCO[N+](=O)[O-])s2)sc1CCO[N+](=O)[O-]. The monoisotopic (exact) mass is 402 g/mol. The van der Waals surface area contributed by atoms with Crippen molar-refractivity contribution in [3.63, 3.8) is 0 Å². The summed E-state index contributed by atoms with van der Waals surface area (Å²) in [5.74, 6) is 0. The first-order chi connectivity index (χ1) is 12.3. The highest BCUT2D eigenvalue weighted by molar-refractivity contribution is 7.15. The van der Waals surface area contributed by atoms with Gasteiger partial charge in [-0.15, -0.1) is 30.5 Å². The van der Waals surface area contributed by atoms with E-state index in [1.165, 1.54) is 22.7 Å². The van der Waals surface area contributed by atoms with Gasteiger partial charge in [-0.2, -0.15) is 0 Å². The van der Waals surface area contributed by atoms with Crippen molar-refractivity contribution in [2.45, 2.75) is 26.7 Å². The zero-order valence-corrected chi connectivity index (χ0v) is 15.4. The zero-order chi connectivity index (χ0) is 19.1. The van der Waals surface area contributed by atoms with E-state index in [4.69, 9.17) is 0 Å². The second kappa shape index (κ2) is 9.10. The Hall–Kier alpha value is -2.74. The number of hydrogen-bond donors (Lipinski definition) is 0. The minimum Gasteiger partial charge on any atom is -0.314 e. The largest absolute Gasteiger partial charge is 0.314 e. The fraction of sp³-hybridized carbons (Fsp3) is 0.500. The van der Waals surface area contributed by atoms with Crippen LogP contribution in [-0.2, 0) is 22.5 Å². The molecule has 0 saturated carbocycles. The summed E-state index contributed by atoms with van der Waals surface area (Å²) in [4.78, 5) is 39.0. The van der Waals surface area contributed by atoms with Crippen LogP contribution in [0.3, 0.4) is 0 Å². The molecule has 0 aromatic carbocycles. The predicted molar refractivity (Wildman–Crippen MR) is 91.2 cm³/mol. The Labute approximate surface area is 154 Å². The molecule has 0 fully saturated rings. The molecule has 0 spiro atoms. The van der Waals surface area contributed by atoms with Gasteiger partial charge in [-0.1, -0.05) is 22.7 Å². The molecule has 0 aliphatic heterocycles. The molecule has 0 aliphatic carbocycles. The number of aromatic nitrogens is 2. The van der Waals surface area contributed by atoms with Crippen LogP contribution in [0.5, 0.6) is 0 Å². The third-order valence-corrected chi connectivity index (χ3v) is 5.24. The van der Waals surface area contributed by atoms with Gasteiger partial charge < -0.3 is 9.68 Å². The van der Waals surface area contributed by atoms with Crippen LogP contribution in [0.1, 0.15) is 21.1 Å². The molecule has 0 amide bonds. The van der Waals surface area contributed by atoms with Gasteiger partial charge in [0.2, 0.25) is 10.3 Å². The van der Waals surface area contributed by atoms with Gasteiger partial charge in [0.1, 0.15) is 13.2 Å². The van der Waals surface area contributed by atoms with Crippen molar-refractivity contribution in [2.24, 2.45) is 10.2 Å². The third kappa shape index (κ3) is 5.96. The summed E-state index contributed by atoms with van der Waals surface area (Å²) in [5.41, 5.74) is 1.42. The number of hydrogen-bond acceptors (Lipinski definition) is 12. The molecule has 0 radical (unpaired) electrons. The molecule has 12 nitrogen and oxygen atoms in total. The van der Waals surface area contributed by atoms with Gasteiger partial charge in [0.15, 0.2) is 0 Å². The standard InChI is InChI=1S/C12H14N6O6S2/c1-7-9(3-5-23-17(19)20)25-11(13-7)15-16-12-14-8(2)10(26-12)4-6-24-18(21)22/h3-6H2,1-2H3/b16-15+. The molecule has 2 aromatic rings. The number of rotatable bonds is 10. The Morgan fingerprint density at radius 2 is 1.27 bits per heavy atom. The molecule has 14 heteroatoms. The highest BCUT2D eigenvalue weighted by Gasteiger charge is 2.10. The van der Waals surface area contributed by atoms with Crippen molar-refractivity contribution in [3.05, 3.63) is 41.4 Å². The summed E-state index contributed by atoms with van der Waals surface area (Å²) in [6.07, 6.45) is 0.716. The van der Waals surface area contributed by atoms with Gasteiger partial charge in [-0.3, -0.25) is 0 Å². The van der Waals surface area contributed by atoms with E-state index in [0.717, 1.165) is 9.75 Å². The van der Waals surface area contributed by atoms with E-state index in [0.29, 0.717) is 34.5 Å². The molecule has 0 aliphatic rings. The van der Waals surface area contributed by atoms with Crippen LogP contribution in [0.4, 0.5) is 10.3 Å². The van der Waals surface area contributed by atoms with E-state index in [1.807, 2.05) is 0 Å². The molecule has 2 rings (SSSR count). The van der Waals surface area contributed by atoms with Gasteiger partial charge in [0, 0.05) is 22.6 Å². The summed E-state index contributed by atoms with van der Waals surface area (Å²) in [5, 5.41) is 27.5. The molecule has 0 N–H and O–H groups in total. The summed E-state index contributed by atoms with van der Waals surface area (Å²) in [6, 6.07) is 0. The quantitative estimate of drug-likeness (QED) is 0.333. The van der Waals surface area contributed by atoms with Crippen LogP contribution >= 0.6 is 22.7 Å². The van der Waals surface area contributed by atoms with Crippen LogP contribution < -0.4 is 0 Å². The first-order valence-electron chi connectivity index (χ1n) is 7.24. The van der Waals surface area contributed by atoms with E-state index in [9.17, 15) is 20.2 Å². The molecule has 2 aromatic heterocycles. The second-order valence-electron chi connectivity index (χ2n) is 4.82. The lowest BCUT2D eigenvalue weighted by Crippen LogP contribution is -2.04. The van der Waals surface area contributed by atoms with Gasteiger partial charge in [-0.05, 0) is 13.8 Å². The van der Waals surface area contributed by atoms with E-state index in [1.54, 1.807) is 13.8 Å². The fourth-order valence-electron chi connectivity index (χ4n) is 1.89. The summed E-state index contributed by atoms with van der Waals surface area (Å²) < 4.78 is 0. The average molecular weight is 402 g/mol. The van der Waals surface area contributed by atoms with Gasteiger partial charge in [-0.25, -0.2) is 9.97 Å². The van der Waals surface area contributed by atoms with Crippen molar-refractivity contribution >= 4 is 32.9 Å². The minimum absolute atomic E-state index is 0.0477. The van der Waals surface area contributed by atoms with Crippen molar-refractivity contribution in [2.75, 3.05) is 13.2 Å². The Bertz CT molecular complexity index is 753. The number of azo groups is 1. The minimum atomic E-state index is -0.837. The van der Waals surface area contributed by atoms with E-state index in [-0.39, 0.29) is 13.2 Å². The van der Waals surface area contributed by atoms with Gasteiger partial charge in [0.05, 0.1) is 11.4 Å². The van der Waals surface area contributed by atoms with Crippen LogP contribution in [0, 0.1) is 34.1 Å². The molecule has 2 heterocycles. The molecule has 0 bridgehead atoms. The molecule has 0 saturated heterocycles. The lowest BCUT2D eigenvalue weighted by atomic mass is 10.3. The topological polar surface area (TPSA) is 155 Å². The smallest absolute Gasteiger partial charge is 0.294 e. The van der Waals surface area contributed by atoms with Crippen LogP contribution in [0.25, 0.3) is 0 Å². The summed E-state index contributed by atoms with van der Waals surface area (Å²) in [7, 11) is 0. The van der Waals surface area contributed by atoms with Crippen LogP contribution in [-0.4, -0.2) is 33.4 Å². The second-order valence-corrected chi connectivity index (χ2v) is 6.95. The number of thiazole rings is 2. The highest BCUT2D eigenvalue weighted by atomic mass is 32.1. The molecular weight excluding hydrogens is 388 g/mol. The molecule has 140 valence electrons. The maximum Gasteiger partial charge on any atom is 0.294 e. The van der Waals surface area contributed by atoms with Crippen molar-refractivity contribution in [1.82, 2.24) is 9.97 Å². The van der Waals surface area contributed by atoms with Gasteiger partial charge >= 0.3 is 0 Å². The Balaban J connectivity index is 1.97. The van der Waals surface area contributed by atoms with Crippen LogP contribution in [0.2, 0.25) is 0 Å². The molecule has 0 unspecified atom stereocenters. The lowest BCUT2D eigenvalue weighted by molar-refractivity contribution is -0.757. The number of aryl methyl sites for hydroxylation is 2. The first kappa shape index (κ1) is 19.6. The average Bonchev–Trinajstić information content (AvgIpc) is 3.08. The van der Waals surface area contributed by atoms with Crippen molar-refractivity contribution in [3.8, 4) is 0 Å². The van der Waals surface area contributed by atoms with E-state index < -0.39 is 10.2 Å². The lowest BCUT2D eigenvalue weighted by Gasteiger charge is -1.96. The maximum absolute atomic E-state index is 10.2. The summed E-state index contributed by atoms with van der Waals surface area (Å²) in [6.45, 7) is 3.46. The third-order valence-electron chi connectivity index (χ3n) is 3.04.